The van der Waals surface area contributed by atoms with Crippen molar-refractivity contribution in [1.29, 1.82) is 0 Å². The second kappa shape index (κ2) is 19.5. The average molecular weight is 770 g/mol. The van der Waals surface area contributed by atoms with Crippen LogP contribution >= 0.6 is 46.4 Å². The van der Waals surface area contributed by atoms with Crippen molar-refractivity contribution < 1.29 is 38.2 Å². The van der Waals surface area contributed by atoms with Crippen LogP contribution in [0.4, 0.5) is 16.2 Å². The van der Waals surface area contributed by atoms with E-state index in [-0.39, 0.29) is 24.9 Å². The molecule has 1 aliphatic rings. The van der Waals surface area contributed by atoms with Crippen LogP contribution in [0, 0.1) is 13.8 Å². The lowest BCUT2D eigenvalue weighted by molar-refractivity contribution is -0.149. The van der Waals surface area contributed by atoms with Gasteiger partial charge in [-0.3, -0.25) is 24.5 Å². The van der Waals surface area contributed by atoms with Gasteiger partial charge in [0.05, 0.1) is 18.8 Å². The van der Waals surface area contributed by atoms with Gasteiger partial charge in [0.1, 0.15) is 6.10 Å². The number of benzene rings is 3. The van der Waals surface area contributed by atoms with Crippen molar-refractivity contribution in [1.82, 2.24) is 5.32 Å². The molecule has 3 aromatic rings. The second-order valence-corrected chi connectivity index (χ2v) is 13.1. The van der Waals surface area contributed by atoms with Crippen molar-refractivity contribution in [3.8, 4) is 0 Å². The van der Waals surface area contributed by atoms with E-state index >= 15 is 0 Å². The molecule has 0 radical (unpaired) electrons. The Bertz CT molecular complexity index is 1700. The zero-order valence-corrected chi connectivity index (χ0v) is 30.8. The SMILES string of the molecule is CC(Cl)OC(=O)Cl.Cc1ccccc1C(=O)Nc1ccc(C(=O)N2CCCC(OC(=O)CNCC(=O)OC(C)Cl)c3cc(Cl)ccc32)c(C)c1. The predicted molar refractivity (Wildman–Crippen MR) is 193 cm³/mol. The maximum atomic E-state index is 13.9. The number of anilines is 2. The summed E-state index contributed by atoms with van der Waals surface area (Å²) in [5.74, 6) is -1.61. The Labute approximate surface area is 310 Å². The molecule has 3 aromatic carbocycles. The molecule has 2 amide bonds. The molecule has 11 nitrogen and oxygen atoms in total. The summed E-state index contributed by atoms with van der Waals surface area (Å²) in [6.07, 6.45) is 0.389. The molecule has 0 aromatic heterocycles. The summed E-state index contributed by atoms with van der Waals surface area (Å²) in [6.45, 7) is 6.69. The maximum Gasteiger partial charge on any atom is 0.405 e. The molecular formula is C35H37Cl4N3O8. The molecule has 4 rings (SSSR count). The number of hydrogen-bond acceptors (Lipinski definition) is 9. The number of ether oxygens (including phenoxy) is 3. The van der Waals surface area contributed by atoms with Crippen molar-refractivity contribution in [2.75, 3.05) is 29.9 Å². The Morgan fingerprint density at radius 1 is 0.860 bits per heavy atom. The Hall–Kier alpha value is -3.87. The first-order valence-electron chi connectivity index (χ1n) is 15.5. The fourth-order valence-corrected chi connectivity index (χ4v) is 5.58. The molecule has 0 spiro atoms. The highest BCUT2D eigenvalue weighted by Crippen LogP contribution is 2.38. The van der Waals surface area contributed by atoms with Gasteiger partial charge in [0.25, 0.3) is 11.8 Å². The number of carbonyl (C=O) groups is 5. The molecule has 15 heteroatoms. The van der Waals surface area contributed by atoms with E-state index in [1.807, 2.05) is 32.0 Å². The standard InChI is InChI=1S/C32H33Cl2N3O6.C3H4Cl2O2/c1-19-7-4-5-8-24(19)31(40)36-23-11-12-25(20(2)15-23)32(41)37-14-6-9-28(26-16-22(34)10-13-27(26)37)43-30(39)18-35-17-29(38)42-21(3)33;1-2(4)7-3(5)6/h4-5,7-8,10-13,15-16,21,28,35H,6,9,14,17-18H2,1-3H3,(H,36,40);2H,1H3. The number of rotatable bonds is 10. The monoisotopic (exact) mass is 767 g/mol. The Morgan fingerprint density at radius 3 is 2.16 bits per heavy atom. The van der Waals surface area contributed by atoms with Crippen LogP contribution in [-0.4, -0.2) is 59.9 Å². The van der Waals surface area contributed by atoms with Gasteiger partial charge in [0.15, 0.2) is 11.1 Å². The van der Waals surface area contributed by atoms with E-state index in [0.29, 0.717) is 58.0 Å². The first kappa shape index (κ1) is 40.6. The average Bonchev–Trinajstić information content (AvgIpc) is 3.19. The number of aryl methyl sites for hydroxylation is 2. The summed E-state index contributed by atoms with van der Waals surface area (Å²) in [5, 5.41) is 6.04. The second-order valence-electron chi connectivity index (χ2n) is 11.1. The van der Waals surface area contributed by atoms with Gasteiger partial charge in [-0.1, -0.05) is 53.0 Å². The highest BCUT2D eigenvalue weighted by molar-refractivity contribution is 6.61. The zero-order chi connectivity index (χ0) is 37.0. The molecule has 1 aliphatic heterocycles. The van der Waals surface area contributed by atoms with Gasteiger partial charge in [-0.15, -0.1) is 0 Å². The van der Waals surface area contributed by atoms with Gasteiger partial charge < -0.3 is 24.4 Å². The van der Waals surface area contributed by atoms with Crippen molar-refractivity contribution in [2.45, 2.75) is 57.8 Å². The summed E-state index contributed by atoms with van der Waals surface area (Å²) in [5.41, 5.74) is 2.13. The van der Waals surface area contributed by atoms with Crippen molar-refractivity contribution in [3.63, 3.8) is 0 Å². The minimum Gasteiger partial charge on any atom is -0.456 e. The summed E-state index contributed by atoms with van der Waals surface area (Å²) in [7, 11) is 0. The Kier molecular flexibility index (Phi) is 15.8. The number of fused-ring (bicyclic) bond motifs is 1. The summed E-state index contributed by atoms with van der Waals surface area (Å²) < 4.78 is 14.7. The van der Waals surface area contributed by atoms with Crippen LogP contribution in [0.25, 0.3) is 0 Å². The summed E-state index contributed by atoms with van der Waals surface area (Å²) in [4.78, 5) is 62.3. The number of nitrogens with zero attached hydrogens (tertiary/aromatic N) is 1. The van der Waals surface area contributed by atoms with Crippen LogP contribution in [0.1, 0.15) is 70.2 Å². The molecule has 50 heavy (non-hydrogen) atoms. The third kappa shape index (κ3) is 12.5. The minimum absolute atomic E-state index is 0.199. The zero-order valence-electron chi connectivity index (χ0n) is 27.8. The fraction of sp³-hybridized carbons (Fsp3) is 0.343. The molecule has 3 unspecified atom stereocenters. The molecule has 0 saturated carbocycles. The van der Waals surface area contributed by atoms with E-state index in [9.17, 15) is 24.0 Å². The Balaban J connectivity index is 0.000000872. The van der Waals surface area contributed by atoms with E-state index in [1.165, 1.54) is 13.8 Å². The molecular weight excluding hydrogens is 732 g/mol. The predicted octanol–water partition coefficient (Wildman–Crippen LogP) is 7.90. The maximum absolute atomic E-state index is 13.9. The number of halogens is 4. The minimum atomic E-state index is -0.873. The quantitative estimate of drug-likeness (QED) is 0.0912. The van der Waals surface area contributed by atoms with Crippen LogP contribution < -0.4 is 15.5 Å². The molecule has 2 N–H and O–H groups in total. The van der Waals surface area contributed by atoms with Crippen molar-refractivity contribution in [2.24, 2.45) is 0 Å². The Morgan fingerprint density at radius 2 is 1.54 bits per heavy atom. The van der Waals surface area contributed by atoms with Gasteiger partial charge >= 0.3 is 17.4 Å². The fourth-order valence-electron chi connectivity index (χ4n) is 5.04. The smallest absolute Gasteiger partial charge is 0.405 e. The highest BCUT2D eigenvalue weighted by Gasteiger charge is 2.30. The van der Waals surface area contributed by atoms with Crippen LogP contribution in [0.15, 0.2) is 60.7 Å². The van der Waals surface area contributed by atoms with E-state index < -0.39 is 34.6 Å². The van der Waals surface area contributed by atoms with Crippen LogP contribution in [0.2, 0.25) is 5.02 Å². The van der Waals surface area contributed by atoms with Gasteiger partial charge in [0.2, 0.25) is 0 Å². The third-order valence-corrected chi connectivity index (χ3v) is 7.69. The summed E-state index contributed by atoms with van der Waals surface area (Å²) in [6, 6.07) is 17.6. The molecule has 0 aliphatic carbocycles. The van der Waals surface area contributed by atoms with Crippen LogP contribution in [-0.2, 0) is 23.8 Å². The number of alkyl halides is 2. The van der Waals surface area contributed by atoms with E-state index in [4.69, 9.17) is 55.9 Å². The number of esters is 2. The molecule has 0 bridgehead atoms. The number of carbonyl (C=O) groups excluding carboxylic acids is 5. The lowest BCUT2D eigenvalue weighted by Gasteiger charge is -2.25. The number of hydrogen-bond donors (Lipinski definition) is 2. The van der Waals surface area contributed by atoms with Gasteiger partial charge in [0, 0.05) is 45.5 Å². The summed E-state index contributed by atoms with van der Waals surface area (Å²) >= 11 is 21.8. The van der Waals surface area contributed by atoms with E-state index in [2.05, 4.69) is 15.4 Å². The van der Waals surface area contributed by atoms with Crippen LogP contribution in [0.3, 0.4) is 0 Å². The molecule has 268 valence electrons. The lowest BCUT2D eigenvalue weighted by Crippen LogP contribution is -2.32. The first-order valence-corrected chi connectivity index (χ1v) is 17.1. The molecule has 3 atom stereocenters. The number of nitrogens with one attached hydrogen (secondary N) is 2. The largest absolute Gasteiger partial charge is 0.456 e. The highest BCUT2D eigenvalue weighted by atomic mass is 35.5. The van der Waals surface area contributed by atoms with Gasteiger partial charge in [-0.2, -0.15) is 0 Å². The number of amides is 2. The first-order chi connectivity index (χ1) is 23.7. The van der Waals surface area contributed by atoms with Crippen molar-refractivity contribution >= 4 is 87.0 Å². The van der Waals surface area contributed by atoms with E-state index in [0.717, 1.165) is 5.56 Å². The van der Waals surface area contributed by atoms with Crippen molar-refractivity contribution in [3.05, 3.63) is 93.5 Å². The topological polar surface area (TPSA) is 140 Å². The van der Waals surface area contributed by atoms with Crippen LogP contribution in [0.5, 0.6) is 0 Å². The molecule has 1 heterocycles. The normalized spacial score (nSPS) is 14.8. The van der Waals surface area contributed by atoms with Gasteiger partial charge in [-0.05, 0) is 94.1 Å². The lowest BCUT2D eigenvalue weighted by atomic mass is 10.0. The third-order valence-electron chi connectivity index (χ3n) is 7.19. The van der Waals surface area contributed by atoms with E-state index in [1.54, 1.807) is 47.4 Å². The molecule has 0 fully saturated rings. The van der Waals surface area contributed by atoms with Gasteiger partial charge in [-0.25, -0.2) is 4.79 Å². The molecule has 0 saturated heterocycles.